The summed E-state index contributed by atoms with van der Waals surface area (Å²) in [5.74, 6) is 0.539. The monoisotopic (exact) mass is 366 g/mol. The molecule has 2 saturated heterocycles. The highest BCUT2D eigenvalue weighted by molar-refractivity contribution is 5.71. The molecule has 2 aliphatic rings. The predicted octanol–water partition coefficient (Wildman–Crippen LogP) is 1.19. The van der Waals surface area contributed by atoms with Crippen LogP contribution in [0.2, 0.25) is 0 Å². The standard InChI is InChI=1S/C16H26N6O4/c1-9-5-20(6-10(2)25-9)15-13(22(23)24)14(17)18-16(19-15)21-7-11(3)26-12(4)8-21/h9-12H,5-8H2,1-4H3,(H2,17,18,19)/t9-,10+,11-,12-/m1/s1. The summed E-state index contributed by atoms with van der Waals surface area (Å²) in [5.41, 5.74) is 5.72. The molecule has 1 aromatic heterocycles. The molecule has 0 radical (unpaired) electrons. The van der Waals surface area contributed by atoms with Crippen molar-refractivity contribution in [1.29, 1.82) is 0 Å². The second kappa shape index (κ2) is 7.20. The summed E-state index contributed by atoms with van der Waals surface area (Å²) in [7, 11) is 0. The van der Waals surface area contributed by atoms with Crippen molar-refractivity contribution in [2.75, 3.05) is 41.7 Å². The summed E-state index contributed by atoms with van der Waals surface area (Å²) in [6, 6.07) is 0. The molecule has 1 aromatic rings. The first-order chi connectivity index (χ1) is 12.2. The van der Waals surface area contributed by atoms with E-state index < -0.39 is 4.92 Å². The molecule has 2 fully saturated rings. The fraction of sp³-hybridized carbons (Fsp3) is 0.750. The van der Waals surface area contributed by atoms with E-state index in [-0.39, 0.29) is 41.7 Å². The van der Waals surface area contributed by atoms with Crippen molar-refractivity contribution in [3.8, 4) is 0 Å². The fourth-order valence-electron chi connectivity index (χ4n) is 3.68. The lowest BCUT2D eigenvalue weighted by molar-refractivity contribution is -0.383. The average molecular weight is 366 g/mol. The molecule has 3 rings (SSSR count). The number of aromatic nitrogens is 2. The largest absolute Gasteiger partial charge is 0.378 e. The van der Waals surface area contributed by atoms with Crippen LogP contribution >= 0.6 is 0 Å². The van der Waals surface area contributed by atoms with Gasteiger partial charge in [-0.15, -0.1) is 0 Å². The van der Waals surface area contributed by atoms with E-state index >= 15 is 0 Å². The smallest absolute Gasteiger partial charge is 0.353 e. The van der Waals surface area contributed by atoms with Gasteiger partial charge in [0.25, 0.3) is 0 Å². The number of hydrogen-bond acceptors (Lipinski definition) is 9. The number of nitro groups is 1. The zero-order valence-corrected chi connectivity index (χ0v) is 15.6. The predicted molar refractivity (Wildman–Crippen MR) is 97.5 cm³/mol. The Balaban J connectivity index is 2.01. The van der Waals surface area contributed by atoms with Gasteiger partial charge < -0.3 is 25.0 Å². The minimum atomic E-state index is -0.510. The van der Waals surface area contributed by atoms with Crippen molar-refractivity contribution in [2.24, 2.45) is 0 Å². The molecule has 0 spiro atoms. The zero-order valence-electron chi connectivity index (χ0n) is 15.6. The van der Waals surface area contributed by atoms with Gasteiger partial charge in [-0.05, 0) is 27.7 Å². The van der Waals surface area contributed by atoms with Gasteiger partial charge in [-0.25, -0.2) is 0 Å². The van der Waals surface area contributed by atoms with Gasteiger partial charge in [0, 0.05) is 26.2 Å². The molecule has 3 heterocycles. The molecule has 0 amide bonds. The Morgan fingerprint density at radius 3 is 1.88 bits per heavy atom. The van der Waals surface area contributed by atoms with Crippen LogP contribution in [0.4, 0.5) is 23.3 Å². The quantitative estimate of drug-likeness (QED) is 0.621. The van der Waals surface area contributed by atoms with Gasteiger partial charge in [0.1, 0.15) is 0 Å². The molecular formula is C16H26N6O4. The molecule has 144 valence electrons. The van der Waals surface area contributed by atoms with Crippen molar-refractivity contribution in [3.63, 3.8) is 0 Å². The van der Waals surface area contributed by atoms with E-state index in [0.717, 1.165) is 0 Å². The third-order valence-electron chi connectivity index (χ3n) is 4.48. The summed E-state index contributed by atoms with van der Waals surface area (Å²) in [6.45, 7) is 10.1. The van der Waals surface area contributed by atoms with Crippen LogP contribution in [0.1, 0.15) is 27.7 Å². The molecule has 0 aliphatic carbocycles. The molecule has 0 aromatic carbocycles. The highest BCUT2D eigenvalue weighted by Crippen LogP contribution is 2.34. The highest BCUT2D eigenvalue weighted by atomic mass is 16.6. The molecule has 0 bridgehead atoms. The van der Waals surface area contributed by atoms with E-state index in [2.05, 4.69) is 9.97 Å². The van der Waals surface area contributed by atoms with Crippen molar-refractivity contribution in [2.45, 2.75) is 52.1 Å². The molecule has 10 nitrogen and oxygen atoms in total. The Hall–Kier alpha value is -2.20. The first-order valence-electron chi connectivity index (χ1n) is 8.87. The Bertz CT molecular complexity index is 667. The van der Waals surface area contributed by atoms with Gasteiger partial charge in [0.15, 0.2) is 0 Å². The Morgan fingerprint density at radius 2 is 1.42 bits per heavy atom. The van der Waals surface area contributed by atoms with Crippen LogP contribution in [0.3, 0.4) is 0 Å². The third-order valence-corrected chi connectivity index (χ3v) is 4.48. The lowest BCUT2D eigenvalue weighted by Gasteiger charge is -2.37. The number of nitrogens with zero attached hydrogens (tertiary/aromatic N) is 5. The Labute approximate surface area is 152 Å². The van der Waals surface area contributed by atoms with Crippen LogP contribution in [0.25, 0.3) is 0 Å². The van der Waals surface area contributed by atoms with Crippen LogP contribution in [0.5, 0.6) is 0 Å². The van der Waals surface area contributed by atoms with Gasteiger partial charge in [-0.1, -0.05) is 0 Å². The first kappa shape index (κ1) is 18.6. The van der Waals surface area contributed by atoms with Crippen molar-refractivity contribution in [1.82, 2.24) is 9.97 Å². The van der Waals surface area contributed by atoms with E-state index in [1.54, 1.807) is 0 Å². The zero-order chi connectivity index (χ0) is 19.0. The second-order valence-electron chi connectivity index (χ2n) is 7.16. The van der Waals surface area contributed by atoms with Gasteiger partial charge in [-0.3, -0.25) is 10.1 Å². The van der Waals surface area contributed by atoms with Crippen LogP contribution in [0, 0.1) is 10.1 Å². The van der Waals surface area contributed by atoms with E-state index in [1.165, 1.54) is 0 Å². The number of nitrogen functional groups attached to an aromatic ring is 1. The van der Waals surface area contributed by atoms with Crippen molar-refractivity contribution in [3.05, 3.63) is 10.1 Å². The normalized spacial score (nSPS) is 29.7. The molecule has 10 heteroatoms. The molecular weight excluding hydrogens is 340 g/mol. The second-order valence-corrected chi connectivity index (χ2v) is 7.16. The van der Waals surface area contributed by atoms with Crippen LogP contribution in [-0.4, -0.2) is 65.5 Å². The molecule has 0 saturated carbocycles. The fourth-order valence-corrected chi connectivity index (χ4v) is 3.68. The maximum atomic E-state index is 11.6. The summed E-state index contributed by atoms with van der Waals surface area (Å²) in [6.07, 6.45) is -0.0702. The summed E-state index contributed by atoms with van der Waals surface area (Å²) in [4.78, 5) is 23.7. The van der Waals surface area contributed by atoms with Crippen LogP contribution in [-0.2, 0) is 9.47 Å². The van der Waals surface area contributed by atoms with Gasteiger partial charge in [-0.2, -0.15) is 9.97 Å². The lowest BCUT2D eigenvalue weighted by atomic mass is 10.2. The van der Waals surface area contributed by atoms with E-state index in [0.29, 0.717) is 32.1 Å². The average Bonchev–Trinajstić information content (AvgIpc) is 2.51. The Kier molecular flexibility index (Phi) is 5.15. The van der Waals surface area contributed by atoms with Crippen LogP contribution in [0.15, 0.2) is 0 Å². The van der Waals surface area contributed by atoms with Gasteiger partial charge in [0.2, 0.25) is 17.6 Å². The molecule has 2 aliphatic heterocycles. The number of hydrogen-bond donors (Lipinski definition) is 1. The number of nitrogens with two attached hydrogens (primary N) is 1. The molecule has 0 unspecified atom stereocenters. The summed E-state index contributed by atoms with van der Waals surface area (Å²) >= 11 is 0. The SMILES string of the molecule is C[C@@H]1CN(c2nc(N)c([N+](=O)[O-])c(N3C[C@@H](C)O[C@@H](C)C3)n2)C[C@@H](C)O1. The number of ether oxygens (including phenoxy) is 2. The lowest BCUT2D eigenvalue weighted by Crippen LogP contribution is -2.47. The Morgan fingerprint density at radius 1 is 0.962 bits per heavy atom. The highest BCUT2D eigenvalue weighted by Gasteiger charge is 2.34. The number of anilines is 3. The van der Waals surface area contributed by atoms with Gasteiger partial charge in [0.05, 0.1) is 29.3 Å². The third kappa shape index (κ3) is 3.80. The van der Waals surface area contributed by atoms with Crippen LogP contribution < -0.4 is 15.5 Å². The molecule has 4 atom stereocenters. The van der Waals surface area contributed by atoms with E-state index in [9.17, 15) is 10.1 Å². The maximum absolute atomic E-state index is 11.6. The van der Waals surface area contributed by atoms with Crippen molar-refractivity contribution < 1.29 is 14.4 Å². The first-order valence-corrected chi connectivity index (χ1v) is 8.87. The van der Waals surface area contributed by atoms with E-state index in [1.807, 2.05) is 37.5 Å². The van der Waals surface area contributed by atoms with E-state index in [4.69, 9.17) is 15.2 Å². The molecule has 26 heavy (non-hydrogen) atoms. The topological polar surface area (TPSA) is 120 Å². The molecule has 2 N–H and O–H groups in total. The summed E-state index contributed by atoms with van der Waals surface area (Å²) in [5, 5.41) is 11.6. The van der Waals surface area contributed by atoms with Crippen molar-refractivity contribution >= 4 is 23.3 Å². The summed E-state index contributed by atoms with van der Waals surface area (Å²) < 4.78 is 11.5. The number of rotatable bonds is 3. The number of morpholine rings is 2. The van der Waals surface area contributed by atoms with Gasteiger partial charge >= 0.3 is 5.69 Å². The minimum Gasteiger partial charge on any atom is -0.378 e. The maximum Gasteiger partial charge on any atom is 0.353 e. The minimum absolute atomic E-state index is 0.0191.